The normalized spacial score (nSPS) is 13.8. The summed E-state index contributed by atoms with van der Waals surface area (Å²) >= 11 is 0. The zero-order chi connectivity index (χ0) is 11.2. The van der Waals surface area contributed by atoms with Gasteiger partial charge in [-0.3, -0.25) is 4.89 Å². The van der Waals surface area contributed by atoms with E-state index in [4.69, 9.17) is 4.89 Å². The van der Waals surface area contributed by atoms with Crippen LogP contribution in [0.15, 0.2) is 0 Å². The standard InChI is InChI=1S/C11H22O3/c1-6-8-9(3)11(4,5)14-13-10(12)7-2/h9H,6-8H2,1-5H3. The molecule has 0 aromatic rings. The zero-order valence-corrected chi connectivity index (χ0v) is 9.92. The van der Waals surface area contributed by atoms with Crippen LogP contribution < -0.4 is 0 Å². The fourth-order valence-corrected chi connectivity index (χ4v) is 1.08. The second kappa shape index (κ2) is 6.02. The lowest BCUT2D eigenvalue weighted by Crippen LogP contribution is -2.33. The monoisotopic (exact) mass is 202 g/mol. The molecule has 0 rings (SSSR count). The number of carbonyl (C=O) groups excluding carboxylic acids is 1. The molecule has 3 heteroatoms. The van der Waals surface area contributed by atoms with Crippen molar-refractivity contribution >= 4 is 5.97 Å². The van der Waals surface area contributed by atoms with Gasteiger partial charge in [-0.05, 0) is 26.2 Å². The minimum absolute atomic E-state index is 0.318. The van der Waals surface area contributed by atoms with Gasteiger partial charge in [0.05, 0.1) is 0 Å². The predicted octanol–water partition coefficient (Wildman–Crippen LogP) is 3.09. The number of hydrogen-bond acceptors (Lipinski definition) is 3. The summed E-state index contributed by atoms with van der Waals surface area (Å²) in [5.74, 6) is 0.0546. The molecule has 0 aromatic heterocycles. The van der Waals surface area contributed by atoms with E-state index in [2.05, 4.69) is 18.7 Å². The molecule has 0 aromatic carbocycles. The average molecular weight is 202 g/mol. The quantitative estimate of drug-likeness (QED) is 0.490. The van der Waals surface area contributed by atoms with E-state index in [9.17, 15) is 4.79 Å². The fraction of sp³-hybridized carbons (Fsp3) is 0.909. The Hall–Kier alpha value is -0.570. The van der Waals surface area contributed by atoms with Crippen molar-refractivity contribution in [2.24, 2.45) is 5.92 Å². The highest BCUT2D eigenvalue weighted by Crippen LogP contribution is 2.25. The molecule has 0 radical (unpaired) electrons. The van der Waals surface area contributed by atoms with Gasteiger partial charge >= 0.3 is 5.97 Å². The van der Waals surface area contributed by atoms with Crippen LogP contribution in [-0.4, -0.2) is 11.6 Å². The molecule has 3 nitrogen and oxygen atoms in total. The Bertz CT molecular complexity index is 175. The highest BCUT2D eigenvalue weighted by atomic mass is 17.2. The van der Waals surface area contributed by atoms with Crippen molar-refractivity contribution in [1.29, 1.82) is 0 Å². The van der Waals surface area contributed by atoms with Gasteiger partial charge in [-0.1, -0.05) is 27.2 Å². The molecule has 14 heavy (non-hydrogen) atoms. The van der Waals surface area contributed by atoms with Gasteiger partial charge < -0.3 is 0 Å². The Morgan fingerprint density at radius 3 is 2.36 bits per heavy atom. The van der Waals surface area contributed by atoms with E-state index < -0.39 is 5.60 Å². The number of carbonyl (C=O) groups is 1. The van der Waals surface area contributed by atoms with Crippen molar-refractivity contribution in [3.63, 3.8) is 0 Å². The molecule has 0 amide bonds. The Kier molecular flexibility index (Phi) is 5.77. The zero-order valence-electron chi connectivity index (χ0n) is 9.92. The average Bonchev–Trinajstić information content (AvgIpc) is 2.14. The molecular weight excluding hydrogens is 180 g/mol. The predicted molar refractivity (Wildman–Crippen MR) is 55.6 cm³/mol. The van der Waals surface area contributed by atoms with Crippen LogP contribution in [0.5, 0.6) is 0 Å². The van der Waals surface area contributed by atoms with Crippen LogP contribution in [0.3, 0.4) is 0 Å². The van der Waals surface area contributed by atoms with Crippen LogP contribution in [0, 0.1) is 5.92 Å². The van der Waals surface area contributed by atoms with E-state index in [1.54, 1.807) is 6.92 Å². The van der Waals surface area contributed by atoms with Crippen LogP contribution in [0.4, 0.5) is 0 Å². The Morgan fingerprint density at radius 2 is 1.93 bits per heavy atom. The molecule has 1 atom stereocenters. The topological polar surface area (TPSA) is 35.5 Å². The smallest absolute Gasteiger partial charge is 0.298 e. The van der Waals surface area contributed by atoms with E-state index in [0.717, 1.165) is 12.8 Å². The lowest BCUT2D eigenvalue weighted by molar-refractivity contribution is -0.335. The van der Waals surface area contributed by atoms with E-state index in [-0.39, 0.29) is 5.97 Å². The minimum atomic E-state index is -0.402. The summed E-state index contributed by atoms with van der Waals surface area (Å²) in [6, 6.07) is 0. The van der Waals surface area contributed by atoms with Gasteiger partial charge in [0.1, 0.15) is 5.60 Å². The summed E-state index contributed by atoms with van der Waals surface area (Å²) in [6.07, 6.45) is 2.52. The second-order valence-electron chi connectivity index (χ2n) is 4.19. The molecule has 0 aliphatic carbocycles. The van der Waals surface area contributed by atoms with Gasteiger partial charge in [0.2, 0.25) is 0 Å². The Balaban J connectivity index is 3.99. The molecule has 0 fully saturated rings. The lowest BCUT2D eigenvalue weighted by Gasteiger charge is -2.29. The van der Waals surface area contributed by atoms with E-state index in [1.807, 2.05) is 13.8 Å². The first-order chi connectivity index (χ1) is 6.44. The van der Waals surface area contributed by atoms with Gasteiger partial charge in [0.15, 0.2) is 0 Å². The summed E-state index contributed by atoms with van der Waals surface area (Å²) < 4.78 is 0. The van der Waals surface area contributed by atoms with Crippen molar-refractivity contribution in [2.75, 3.05) is 0 Å². The van der Waals surface area contributed by atoms with Crippen molar-refractivity contribution in [1.82, 2.24) is 0 Å². The molecule has 0 N–H and O–H groups in total. The van der Waals surface area contributed by atoms with Crippen LogP contribution >= 0.6 is 0 Å². The summed E-state index contributed by atoms with van der Waals surface area (Å²) in [5, 5.41) is 0. The Morgan fingerprint density at radius 1 is 1.36 bits per heavy atom. The first-order valence-electron chi connectivity index (χ1n) is 5.32. The third-order valence-electron chi connectivity index (χ3n) is 2.55. The van der Waals surface area contributed by atoms with Crippen LogP contribution in [0.2, 0.25) is 0 Å². The molecule has 0 aliphatic rings. The maximum absolute atomic E-state index is 10.9. The molecule has 1 unspecified atom stereocenters. The molecule has 0 heterocycles. The number of rotatable bonds is 6. The van der Waals surface area contributed by atoms with Crippen molar-refractivity contribution in [3.05, 3.63) is 0 Å². The van der Waals surface area contributed by atoms with Crippen molar-refractivity contribution < 1.29 is 14.6 Å². The second-order valence-corrected chi connectivity index (χ2v) is 4.19. The highest BCUT2D eigenvalue weighted by Gasteiger charge is 2.28. The first kappa shape index (κ1) is 13.4. The van der Waals surface area contributed by atoms with Crippen LogP contribution in [-0.2, 0) is 14.6 Å². The maximum atomic E-state index is 10.9. The van der Waals surface area contributed by atoms with Crippen molar-refractivity contribution in [3.8, 4) is 0 Å². The van der Waals surface area contributed by atoms with Crippen molar-refractivity contribution in [2.45, 2.75) is 59.5 Å². The summed E-state index contributed by atoms with van der Waals surface area (Å²) in [4.78, 5) is 20.7. The molecule has 0 saturated carbocycles. The molecule has 0 bridgehead atoms. The van der Waals surface area contributed by atoms with Crippen LogP contribution in [0.25, 0.3) is 0 Å². The first-order valence-corrected chi connectivity index (χ1v) is 5.32. The number of hydrogen-bond donors (Lipinski definition) is 0. The third kappa shape index (κ3) is 4.61. The molecule has 0 aliphatic heterocycles. The molecule has 0 saturated heterocycles. The van der Waals surface area contributed by atoms with Gasteiger partial charge in [-0.25, -0.2) is 4.79 Å². The van der Waals surface area contributed by atoms with Gasteiger partial charge in [-0.15, -0.1) is 0 Å². The fourth-order valence-electron chi connectivity index (χ4n) is 1.08. The Labute approximate surface area is 86.7 Å². The van der Waals surface area contributed by atoms with E-state index in [1.165, 1.54) is 0 Å². The highest BCUT2D eigenvalue weighted by molar-refractivity contribution is 5.68. The van der Waals surface area contributed by atoms with Crippen LogP contribution in [0.1, 0.15) is 53.9 Å². The summed E-state index contributed by atoms with van der Waals surface area (Å²) in [7, 11) is 0. The third-order valence-corrected chi connectivity index (χ3v) is 2.55. The van der Waals surface area contributed by atoms with Gasteiger partial charge in [0, 0.05) is 6.42 Å². The lowest BCUT2D eigenvalue weighted by atomic mass is 9.89. The molecular formula is C11H22O3. The maximum Gasteiger partial charge on any atom is 0.342 e. The van der Waals surface area contributed by atoms with E-state index in [0.29, 0.717) is 12.3 Å². The van der Waals surface area contributed by atoms with Gasteiger partial charge in [-0.2, -0.15) is 4.89 Å². The summed E-state index contributed by atoms with van der Waals surface area (Å²) in [5.41, 5.74) is -0.402. The molecule has 84 valence electrons. The summed E-state index contributed by atoms with van der Waals surface area (Å²) in [6.45, 7) is 9.86. The SMILES string of the molecule is CCCC(C)C(C)(C)OOC(=O)CC. The molecule has 0 spiro atoms. The minimum Gasteiger partial charge on any atom is -0.298 e. The van der Waals surface area contributed by atoms with E-state index >= 15 is 0 Å². The largest absolute Gasteiger partial charge is 0.342 e. The van der Waals surface area contributed by atoms with Gasteiger partial charge in [0.25, 0.3) is 0 Å².